The Labute approximate surface area is 133 Å². The largest absolute Gasteiger partial charge is 0.379 e. The summed E-state index contributed by atoms with van der Waals surface area (Å²) >= 11 is 0. The highest BCUT2D eigenvalue weighted by atomic mass is 16.6. The van der Waals surface area contributed by atoms with Crippen molar-refractivity contribution < 1.29 is 9.72 Å². The molecule has 0 fully saturated rings. The molecule has 1 aromatic carbocycles. The number of hydrogen-bond acceptors (Lipinski definition) is 5. The first-order chi connectivity index (χ1) is 11.1. The van der Waals surface area contributed by atoms with Crippen molar-refractivity contribution in [1.29, 1.82) is 0 Å². The fraction of sp³-hybridized carbons (Fsp3) is 0.250. The molecule has 0 radical (unpaired) electrons. The second kappa shape index (κ2) is 7.88. The van der Waals surface area contributed by atoms with Crippen molar-refractivity contribution in [3.8, 4) is 0 Å². The number of nitro groups is 1. The summed E-state index contributed by atoms with van der Waals surface area (Å²) in [4.78, 5) is 26.4. The van der Waals surface area contributed by atoms with Gasteiger partial charge in [-0.15, -0.1) is 0 Å². The van der Waals surface area contributed by atoms with Gasteiger partial charge in [-0.2, -0.15) is 0 Å². The van der Waals surface area contributed by atoms with Crippen LogP contribution in [0.25, 0.3) is 0 Å². The lowest BCUT2D eigenvalue weighted by atomic mass is 10.1. The number of hydrogen-bond donors (Lipinski definition) is 2. The highest BCUT2D eigenvalue weighted by molar-refractivity contribution is 5.77. The standard InChI is InChI=1S/C16H18N4O3/c1-12(13-5-4-9-17-11-13)19-16(21)8-10-18-14-6-2-3-7-15(14)20(22)23/h2-7,9,11-12,18H,8,10H2,1H3,(H,19,21). The first-order valence-corrected chi connectivity index (χ1v) is 7.24. The summed E-state index contributed by atoms with van der Waals surface area (Å²) < 4.78 is 0. The van der Waals surface area contributed by atoms with E-state index in [1.807, 2.05) is 19.1 Å². The van der Waals surface area contributed by atoms with Gasteiger partial charge in [0.05, 0.1) is 11.0 Å². The Balaban J connectivity index is 1.83. The molecule has 0 aliphatic rings. The van der Waals surface area contributed by atoms with E-state index < -0.39 is 4.92 Å². The Morgan fingerprint density at radius 1 is 1.30 bits per heavy atom. The average Bonchev–Trinajstić information content (AvgIpc) is 2.56. The minimum atomic E-state index is -0.452. The van der Waals surface area contributed by atoms with E-state index >= 15 is 0 Å². The SMILES string of the molecule is CC(NC(=O)CCNc1ccccc1[N+](=O)[O-])c1cccnc1. The van der Waals surface area contributed by atoms with Gasteiger partial charge in [0.1, 0.15) is 5.69 Å². The fourth-order valence-corrected chi connectivity index (χ4v) is 2.12. The van der Waals surface area contributed by atoms with Crippen LogP contribution in [0, 0.1) is 10.1 Å². The quantitative estimate of drug-likeness (QED) is 0.605. The number of para-hydroxylation sites is 2. The van der Waals surface area contributed by atoms with Crippen molar-refractivity contribution >= 4 is 17.3 Å². The molecule has 120 valence electrons. The van der Waals surface area contributed by atoms with E-state index in [9.17, 15) is 14.9 Å². The molecule has 7 nitrogen and oxygen atoms in total. The van der Waals surface area contributed by atoms with Gasteiger partial charge in [0.25, 0.3) is 5.69 Å². The van der Waals surface area contributed by atoms with E-state index in [4.69, 9.17) is 0 Å². The number of amides is 1. The molecule has 1 unspecified atom stereocenters. The number of benzene rings is 1. The number of nitrogens with one attached hydrogen (secondary N) is 2. The van der Waals surface area contributed by atoms with Crippen LogP contribution in [-0.4, -0.2) is 22.4 Å². The highest BCUT2D eigenvalue weighted by Crippen LogP contribution is 2.22. The lowest BCUT2D eigenvalue weighted by molar-refractivity contribution is -0.384. The number of carbonyl (C=O) groups excluding carboxylic acids is 1. The third kappa shape index (κ3) is 4.77. The Hall–Kier alpha value is -2.96. The topological polar surface area (TPSA) is 97.2 Å². The summed E-state index contributed by atoms with van der Waals surface area (Å²) in [5, 5.41) is 16.7. The zero-order valence-electron chi connectivity index (χ0n) is 12.7. The summed E-state index contributed by atoms with van der Waals surface area (Å²) in [5.74, 6) is -0.132. The minimum absolute atomic E-state index is 0.00311. The molecule has 0 saturated heterocycles. The minimum Gasteiger partial charge on any atom is -0.379 e. The van der Waals surface area contributed by atoms with Crippen molar-refractivity contribution in [2.75, 3.05) is 11.9 Å². The number of aromatic nitrogens is 1. The van der Waals surface area contributed by atoms with Crippen LogP contribution in [0.15, 0.2) is 48.8 Å². The first-order valence-electron chi connectivity index (χ1n) is 7.24. The molecule has 0 aliphatic heterocycles. The van der Waals surface area contributed by atoms with Gasteiger partial charge in [0, 0.05) is 31.4 Å². The van der Waals surface area contributed by atoms with E-state index in [0.29, 0.717) is 12.2 Å². The summed E-state index contributed by atoms with van der Waals surface area (Å²) in [6, 6.07) is 9.92. The highest BCUT2D eigenvalue weighted by Gasteiger charge is 2.13. The molecule has 2 aromatic rings. The zero-order valence-corrected chi connectivity index (χ0v) is 12.7. The van der Waals surface area contributed by atoms with Crippen molar-refractivity contribution in [2.24, 2.45) is 0 Å². The average molecular weight is 314 g/mol. The van der Waals surface area contributed by atoms with Gasteiger partial charge in [0.15, 0.2) is 0 Å². The van der Waals surface area contributed by atoms with Gasteiger partial charge in [-0.25, -0.2) is 0 Å². The number of nitro benzene ring substituents is 1. The molecule has 0 spiro atoms. The molecule has 7 heteroatoms. The Morgan fingerprint density at radius 2 is 2.09 bits per heavy atom. The van der Waals surface area contributed by atoms with Gasteiger partial charge in [-0.1, -0.05) is 18.2 Å². The zero-order chi connectivity index (χ0) is 16.7. The lowest BCUT2D eigenvalue weighted by Gasteiger charge is -2.14. The molecule has 0 saturated carbocycles. The van der Waals surface area contributed by atoms with E-state index in [0.717, 1.165) is 5.56 Å². The number of rotatable bonds is 7. The molecule has 2 N–H and O–H groups in total. The molecule has 2 rings (SSSR count). The van der Waals surface area contributed by atoms with Gasteiger partial charge in [0.2, 0.25) is 5.91 Å². The molecule has 0 aliphatic carbocycles. The second-order valence-corrected chi connectivity index (χ2v) is 5.03. The van der Waals surface area contributed by atoms with Gasteiger partial charge in [-0.3, -0.25) is 19.9 Å². The van der Waals surface area contributed by atoms with Crippen LogP contribution in [0.2, 0.25) is 0 Å². The molecule has 1 aromatic heterocycles. The maximum absolute atomic E-state index is 11.9. The van der Waals surface area contributed by atoms with E-state index in [1.54, 1.807) is 30.6 Å². The summed E-state index contributed by atoms with van der Waals surface area (Å²) in [6.07, 6.45) is 3.60. The van der Waals surface area contributed by atoms with Crippen molar-refractivity contribution in [3.63, 3.8) is 0 Å². The number of carbonyl (C=O) groups is 1. The molecular weight excluding hydrogens is 296 g/mol. The number of nitrogens with zero attached hydrogens (tertiary/aromatic N) is 2. The summed E-state index contributed by atoms with van der Waals surface area (Å²) in [5.41, 5.74) is 1.33. The molecular formula is C16H18N4O3. The van der Waals surface area contributed by atoms with E-state index in [-0.39, 0.29) is 24.1 Å². The monoisotopic (exact) mass is 314 g/mol. The van der Waals surface area contributed by atoms with Crippen molar-refractivity contribution in [3.05, 3.63) is 64.5 Å². The Bertz CT molecular complexity index is 676. The molecule has 1 amide bonds. The molecule has 1 heterocycles. The van der Waals surface area contributed by atoms with Crippen LogP contribution >= 0.6 is 0 Å². The molecule has 0 bridgehead atoms. The normalized spacial score (nSPS) is 11.5. The lowest BCUT2D eigenvalue weighted by Crippen LogP contribution is -2.28. The third-order valence-corrected chi connectivity index (χ3v) is 3.33. The predicted molar refractivity (Wildman–Crippen MR) is 87.0 cm³/mol. The van der Waals surface area contributed by atoms with Crippen molar-refractivity contribution in [1.82, 2.24) is 10.3 Å². The van der Waals surface area contributed by atoms with Crippen LogP contribution < -0.4 is 10.6 Å². The van der Waals surface area contributed by atoms with Gasteiger partial charge < -0.3 is 10.6 Å². The second-order valence-electron chi connectivity index (χ2n) is 5.03. The van der Waals surface area contributed by atoms with Crippen LogP contribution in [0.5, 0.6) is 0 Å². The molecule has 23 heavy (non-hydrogen) atoms. The number of pyridine rings is 1. The first kappa shape index (κ1) is 16.4. The van der Waals surface area contributed by atoms with Crippen LogP contribution in [-0.2, 0) is 4.79 Å². The van der Waals surface area contributed by atoms with E-state index in [2.05, 4.69) is 15.6 Å². The van der Waals surface area contributed by atoms with Gasteiger partial charge in [-0.05, 0) is 24.6 Å². The van der Waals surface area contributed by atoms with E-state index in [1.165, 1.54) is 6.07 Å². The van der Waals surface area contributed by atoms with Gasteiger partial charge >= 0.3 is 0 Å². The smallest absolute Gasteiger partial charge is 0.292 e. The van der Waals surface area contributed by atoms with Crippen LogP contribution in [0.3, 0.4) is 0 Å². The fourth-order valence-electron chi connectivity index (χ4n) is 2.12. The van der Waals surface area contributed by atoms with Crippen LogP contribution in [0.4, 0.5) is 11.4 Å². The Morgan fingerprint density at radius 3 is 2.78 bits per heavy atom. The Kier molecular flexibility index (Phi) is 5.62. The van der Waals surface area contributed by atoms with Crippen LogP contribution in [0.1, 0.15) is 24.9 Å². The molecule has 1 atom stereocenters. The predicted octanol–water partition coefficient (Wildman–Crippen LogP) is 2.67. The maximum Gasteiger partial charge on any atom is 0.292 e. The summed E-state index contributed by atoms with van der Waals surface area (Å²) in [7, 11) is 0. The third-order valence-electron chi connectivity index (χ3n) is 3.33. The number of anilines is 1. The summed E-state index contributed by atoms with van der Waals surface area (Å²) in [6.45, 7) is 2.20. The van der Waals surface area contributed by atoms with Crippen molar-refractivity contribution in [2.45, 2.75) is 19.4 Å². The maximum atomic E-state index is 11.9.